The van der Waals surface area contributed by atoms with E-state index in [2.05, 4.69) is 15.3 Å². The largest absolute Gasteiger partial charge is 0.354 e. The van der Waals surface area contributed by atoms with Gasteiger partial charge in [0.25, 0.3) is 5.56 Å². The van der Waals surface area contributed by atoms with Gasteiger partial charge in [-0.3, -0.25) is 14.2 Å². The van der Waals surface area contributed by atoms with Crippen molar-refractivity contribution < 1.29 is 18.0 Å². The summed E-state index contributed by atoms with van der Waals surface area (Å²) < 4.78 is 44.4. The number of hydrogen-bond donors (Lipinski definition) is 1. The van der Waals surface area contributed by atoms with Crippen molar-refractivity contribution >= 4 is 22.8 Å². The molecule has 2 heterocycles. The lowest BCUT2D eigenvalue weighted by molar-refractivity contribution is -0.118. The van der Waals surface area contributed by atoms with Crippen LogP contribution in [0.4, 0.5) is 19.1 Å². The normalized spacial score (nSPS) is 11.1. The Balaban J connectivity index is 1.53. The van der Waals surface area contributed by atoms with Crippen molar-refractivity contribution in [3.05, 3.63) is 118 Å². The first-order valence-corrected chi connectivity index (χ1v) is 12.8. The minimum Gasteiger partial charge on any atom is -0.354 e. The molecule has 40 heavy (non-hydrogen) atoms. The average molecular weight is 543 g/mol. The third-order valence-electron chi connectivity index (χ3n) is 6.51. The number of para-hydroxylation sites is 1. The van der Waals surface area contributed by atoms with Crippen molar-refractivity contribution in [2.45, 2.75) is 26.2 Å². The first-order valence-electron chi connectivity index (χ1n) is 12.8. The summed E-state index contributed by atoms with van der Waals surface area (Å²) in [6, 6.07) is 19.6. The molecule has 9 heteroatoms. The number of Topliss-reactive ketones (excluding diaryl/α,β-unsaturated/α-hetero) is 1. The van der Waals surface area contributed by atoms with E-state index < -0.39 is 28.7 Å². The molecule has 5 aromatic rings. The molecule has 6 nitrogen and oxygen atoms in total. The number of rotatable bonds is 9. The number of aryl methyl sites for hydroxylation is 1. The van der Waals surface area contributed by atoms with Crippen molar-refractivity contribution in [1.82, 2.24) is 14.5 Å². The summed E-state index contributed by atoms with van der Waals surface area (Å²) in [7, 11) is 0. The van der Waals surface area contributed by atoms with Gasteiger partial charge in [-0.1, -0.05) is 36.4 Å². The van der Waals surface area contributed by atoms with Crippen molar-refractivity contribution in [3.8, 4) is 16.9 Å². The SMILES string of the molecule is Cc1cc(F)ccc1-c1nc(NCCCC(=O)Cc2ccccc2)nc2c1ccc(=O)n2-c1c(F)cccc1F. The minimum atomic E-state index is -0.931. The second-order valence-corrected chi connectivity index (χ2v) is 9.40. The van der Waals surface area contributed by atoms with Crippen LogP contribution in [0.15, 0.2) is 83.7 Å². The molecular weight excluding hydrogens is 517 g/mol. The number of benzene rings is 3. The van der Waals surface area contributed by atoms with Crippen LogP contribution in [-0.4, -0.2) is 26.9 Å². The topological polar surface area (TPSA) is 76.9 Å². The molecule has 0 aliphatic heterocycles. The van der Waals surface area contributed by atoms with E-state index in [1.165, 1.54) is 30.3 Å². The van der Waals surface area contributed by atoms with E-state index >= 15 is 0 Å². The number of anilines is 1. The maximum absolute atomic E-state index is 14.8. The van der Waals surface area contributed by atoms with Gasteiger partial charge < -0.3 is 5.32 Å². The van der Waals surface area contributed by atoms with Crippen LogP contribution < -0.4 is 10.9 Å². The van der Waals surface area contributed by atoms with Crippen LogP contribution in [0.5, 0.6) is 0 Å². The number of fused-ring (bicyclic) bond motifs is 1. The number of nitrogens with one attached hydrogen (secondary N) is 1. The van der Waals surface area contributed by atoms with Gasteiger partial charge in [0.1, 0.15) is 28.9 Å². The lowest BCUT2D eigenvalue weighted by atomic mass is 10.0. The summed E-state index contributed by atoms with van der Waals surface area (Å²) in [5.74, 6) is -2.11. The van der Waals surface area contributed by atoms with Crippen LogP contribution in [0, 0.1) is 24.4 Å². The molecule has 2 aromatic heterocycles. The summed E-state index contributed by atoms with van der Waals surface area (Å²) in [4.78, 5) is 34.4. The number of carbonyl (C=O) groups is 1. The van der Waals surface area contributed by atoms with E-state index in [1.54, 1.807) is 13.0 Å². The van der Waals surface area contributed by atoms with Gasteiger partial charge in [-0.2, -0.15) is 4.98 Å². The Morgan fingerprint density at radius 1 is 0.900 bits per heavy atom. The number of ketones is 1. The highest BCUT2D eigenvalue weighted by molar-refractivity contribution is 5.93. The summed E-state index contributed by atoms with van der Waals surface area (Å²) >= 11 is 0. The van der Waals surface area contributed by atoms with Crippen molar-refractivity contribution in [1.29, 1.82) is 0 Å². The number of hydrogen-bond acceptors (Lipinski definition) is 5. The summed E-state index contributed by atoms with van der Waals surface area (Å²) in [6.45, 7) is 2.05. The van der Waals surface area contributed by atoms with E-state index in [1.807, 2.05) is 30.3 Å². The van der Waals surface area contributed by atoms with E-state index in [9.17, 15) is 22.8 Å². The van der Waals surface area contributed by atoms with Crippen molar-refractivity contribution in [3.63, 3.8) is 0 Å². The van der Waals surface area contributed by atoms with Gasteiger partial charge >= 0.3 is 0 Å². The molecule has 5 rings (SSSR count). The molecule has 202 valence electrons. The molecule has 0 saturated heterocycles. The molecular formula is C31H25F3N4O2. The molecule has 0 unspecified atom stereocenters. The summed E-state index contributed by atoms with van der Waals surface area (Å²) in [6.07, 6.45) is 1.15. The van der Waals surface area contributed by atoms with Crippen LogP contribution in [0.25, 0.3) is 28.0 Å². The van der Waals surface area contributed by atoms with E-state index in [-0.39, 0.29) is 17.4 Å². The van der Waals surface area contributed by atoms with Crippen LogP contribution in [0.3, 0.4) is 0 Å². The molecule has 0 amide bonds. The van der Waals surface area contributed by atoms with Gasteiger partial charge in [0.15, 0.2) is 5.65 Å². The highest BCUT2D eigenvalue weighted by Gasteiger charge is 2.20. The predicted molar refractivity (Wildman–Crippen MR) is 148 cm³/mol. The molecule has 3 aromatic carbocycles. The highest BCUT2D eigenvalue weighted by Crippen LogP contribution is 2.31. The first-order chi connectivity index (χ1) is 19.3. The Morgan fingerprint density at radius 2 is 1.65 bits per heavy atom. The highest BCUT2D eigenvalue weighted by atomic mass is 19.1. The molecule has 0 spiro atoms. The molecule has 0 fully saturated rings. The summed E-state index contributed by atoms with van der Waals surface area (Å²) in [5.41, 5.74) is 1.17. The molecule has 0 atom stereocenters. The predicted octanol–water partition coefficient (Wildman–Crippen LogP) is 6.18. The minimum absolute atomic E-state index is 0.0205. The van der Waals surface area contributed by atoms with Crippen LogP contribution >= 0.6 is 0 Å². The average Bonchev–Trinajstić information content (AvgIpc) is 2.92. The lowest BCUT2D eigenvalue weighted by Gasteiger charge is -2.16. The maximum atomic E-state index is 14.8. The summed E-state index contributed by atoms with van der Waals surface area (Å²) in [5, 5.41) is 3.42. The van der Waals surface area contributed by atoms with Crippen molar-refractivity contribution in [2.24, 2.45) is 0 Å². The van der Waals surface area contributed by atoms with Crippen LogP contribution in [-0.2, 0) is 11.2 Å². The fourth-order valence-corrected chi connectivity index (χ4v) is 4.61. The van der Waals surface area contributed by atoms with Crippen molar-refractivity contribution in [2.75, 3.05) is 11.9 Å². The zero-order valence-electron chi connectivity index (χ0n) is 21.6. The molecule has 0 aliphatic rings. The standard InChI is InChI=1S/C31H25F3N4O2/c1-19-17-21(32)12-13-23(19)28-24-14-15-27(40)38(29-25(33)10-5-11-26(29)34)30(24)37-31(36-28)35-16-6-9-22(39)18-20-7-3-2-4-8-20/h2-5,7-8,10-15,17H,6,9,16,18H2,1H3,(H,35,36,37). The fraction of sp³-hybridized carbons (Fsp3) is 0.161. The Kier molecular flexibility index (Phi) is 7.72. The van der Waals surface area contributed by atoms with E-state index in [0.29, 0.717) is 48.0 Å². The monoisotopic (exact) mass is 542 g/mol. The Hall–Kier alpha value is -4.79. The fourth-order valence-electron chi connectivity index (χ4n) is 4.61. The Bertz CT molecular complexity index is 1750. The number of pyridine rings is 1. The second-order valence-electron chi connectivity index (χ2n) is 9.40. The lowest BCUT2D eigenvalue weighted by Crippen LogP contribution is -2.21. The van der Waals surface area contributed by atoms with Gasteiger partial charge in [-0.15, -0.1) is 0 Å². The van der Waals surface area contributed by atoms with Crippen LogP contribution in [0.2, 0.25) is 0 Å². The Labute approximate surface area is 228 Å². The molecule has 0 bridgehead atoms. The second kappa shape index (κ2) is 11.5. The van der Waals surface area contributed by atoms with Gasteiger partial charge in [0.05, 0.1) is 5.69 Å². The number of aromatic nitrogens is 3. The third kappa shape index (κ3) is 5.63. The molecule has 1 N–H and O–H groups in total. The van der Waals surface area contributed by atoms with Gasteiger partial charge in [-0.05, 0) is 60.9 Å². The quantitative estimate of drug-likeness (QED) is 0.225. The number of halogens is 3. The molecule has 0 saturated carbocycles. The van der Waals surface area contributed by atoms with Crippen LogP contribution in [0.1, 0.15) is 24.0 Å². The van der Waals surface area contributed by atoms with Gasteiger partial charge in [-0.25, -0.2) is 18.2 Å². The first kappa shape index (κ1) is 26.8. The van der Waals surface area contributed by atoms with E-state index in [0.717, 1.165) is 22.3 Å². The number of nitrogens with zero attached hydrogens (tertiary/aromatic N) is 3. The smallest absolute Gasteiger partial charge is 0.256 e. The Morgan fingerprint density at radius 3 is 2.38 bits per heavy atom. The van der Waals surface area contributed by atoms with Gasteiger partial charge in [0.2, 0.25) is 5.95 Å². The zero-order valence-corrected chi connectivity index (χ0v) is 21.6. The molecule has 0 radical (unpaired) electrons. The maximum Gasteiger partial charge on any atom is 0.256 e. The zero-order chi connectivity index (χ0) is 28.2. The third-order valence-corrected chi connectivity index (χ3v) is 6.51. The number of carbonyl (C=O) groups excluding carboxylic acids is 1. The van der Waals surface area contributed by atoms with Gasteiger partial charge in [0, 0.05) is 36.4 Å². The van der Waals surface area contributed by atoms with E-state index in [4.69, 9.17) is 0 Å². The molecule has 0 aliphatic carbocycles.